The largest absolute Gasteiger partial charge is 0.485 e. The minimum Gasteiger partial charge on any atom is -0.485 e. The summed E-state index contributed by atoms with van der Waals surface area (Å²) >= 11 is 0. The van der Waals surface area contributed by atoms with Crippen LogP contribution in [0, 0.1) is 5.92 Å². The van der Waals surface area contributed by atoms with Crippen molar-refractivity contribution in [2.24, 2.45) is 5.92 Å². The summed E-state index contributed by atoms with van der Waals surface area (Å²) in [5.74, 6) is 1.62. The molecule has 0 radical (unpaired) electrons. The summed E-state index contributed by atoms with van der Waals surface area (Å²) in [6.45, 7) is 6.27. The maximum atomic E-state index is 6.09. The van der Waals surface area contributed by atoms with Gasteiger partial charge in [-0.15, -0.1) is 0 Å². The van der Waals surface area contributed by atoms with Crippen LogP contribution in [0.5, 0.6) is 5.75 Å². The predicted molar refractivity (Wildman–Crippen MR) is 80.4 cm³/mol. The third-order valence-corrected chi connectivity index (χ3v) is 4.44. The Balaban J connectivity index is 1.57. The molecule has 4 nitrogen and oxygen atoms in total. The number of rotatable bonds is 3. The van der Waals surface area contributed by atoms with Crippen LogP contribution in [0.3, 0.4) is 0 Å². The lowest BCUT2D eigenvalue weighted by Crippen LogP contribution is -2.49. The summed E-state index contributed by atoms with van der Waals surface area (Å²) < 4.78 is 11.7. The molecule has 0 aliphatic carbocycles. The number of piperidine rings is 1. The number of benzene rings is 1. The van der Waals surface area contributed by atoms with Gasteiger partial charge in [-0.3, -0.25) is 4.90 Å². The average molecular weight is 276 g/mol. The fraction of sp³-hybridized carbons (Fsp3) is 0.625. The molecule has 2 aliphatic heterocycles. The van der Waals surface area contributed by atoms with E-state index in [1.54, 1.807) is 0 Å². The maximum Gasteiger partial charge on any atom is 0.142 e. The fourth-order valence-corrected chi connectivity index (χ4v) is 3.12. The lowest BCUT2D eigenvalue weighted by Gasteiger charge is -2.38. The number of ether oxygens (including phenoxy) is 2. The highest BCUT2D eigenvalue weighted by Gasteiger charge is 2.29. The predicted octanol–water partition coefficient (Wildman–Crippen LogP) is 2.22. The Morgan fingerprint density at radius 1 is 1.40 bits per heavy atom. The van der Waals surface area contributed by atoms with E-state index in [4.69, 9.17) is 9.47 Å². The second-order valence-electron chi connectivity index (χ2n) is 5.92. The zero-order chi connectivity index (χ0) is 13.9. The van der Waals surface area contributed by atoms with Gasteiger partial charge in [-0.1, -0.05) is 19.1 Å². The summed E-state index contributed by atoms with van der Waals surface area (Å²) in [4.78, 5) is 2.47. The minimum absolute atomic E-state index is 0.218. The van der Waals surface area contributed by atoms with Crippen molar-refractivity contribution in [3.8, 4) is 5.75 Å². The molecular weight excluding hydrogens is 252 g/mol. The van der Waals surface area contributed by atoms with Crippen molar-refractivity contribution in [1.82, 2.24) is 4.90 Å². The highest BCUT2D eigenvalue weighted by molar-refractivity contribution is 5.57. The van der Waals surface area contributed by atoms with Crippen molar-refractivity contribution in [1.29, 1.82) is 0 Å². The standard InChI is InChI=1S/C16H24N2O2/c1-12-7-8-18(11-16(12)19-2)10-13-9-17-14-5-3-4-6-15(14)20-13/h3-6,12-13,16-17H,7-11H2,1-2H3. The quantitative estimate of drug-likeness (QED) is 0.918. The number of likely N-dealkylation sites (tertiary alicyclic amines) is 1. The Bertz CT molecular complexity index is 452. The van der Waals surface area contributed by atoms with Crippen LogP contribution < -0.4 is 10.1 Å². The molecule has 0 spiro atoms. The van der Waals surface area contributed by atoms with E-state index in [-0.39, 0.29) is 6.10 Å². The van der Waals surface area contributed by atoms with E-state index in [0.29, 0.717) is 12.0 Å². The van der Waals surface area contributed by atoms with Gasteiger partial charge in [0.2, 0.25) is 0 Å². The molecule has 0 bridgehead atoms. The summed E-state index contributed by atoms with van der Waals surface area (Å²) in [6.07, 6.45) is 1.78. The normalized spacial score (nSPS) is 30.2. The van der Waals surface area contributed by atoms with E-state index < -0.39 is 0 Å². The molecule has 1 N–H and O–H groups in total. The second-order valence-corrected chi connectivity index (χ2v) is 5.92. The van der Waals surface area contributed by atoms with Crippen LogP contribution in [0.25, 0.3) is 0 Å². The summed E-state index contributed by atoms with van der Waals surface area (Å²) in [6, 6.07) is 8.15. The molecule has 4 heteroatoms. The van der Waals surface area contributed by atoms with Gasteiger partial charge in [-0.2, -0.15) is 0 Å². The molecule has 2 heterocycles. The van der Waals surface area contributed by atoms with Gasteiger partial charge in [0.15, 0.2) is 0 Å². The Morgan fingerprint density at radius 3 is 3.10 bits per heavy atom. The molecule has 3 rings (SSSR count). The summed E-state index contributed by atoms with van der Waals surface area (Å²) in [7, 11) is 1.82. The van der Waals surface area contributed by atoms with Gasteiger partial charge in [0.25, 0.3) is 0 Å². The monoisotopic (exact) mass is 276 g/mol. The number of para-hydroxylation sites is 2. The third kappa shape index (κ3) is 2.91. The summed E-state index contributed by atoms with van der Waals surface area (Å²) in [5, 5.41) is 3.45. The molecular formula is C16H24N2O2. The number of hydrogen-bond donors (Lipinski definition) is 1. The highest BCUT2D eigenvalue weighted by atomic mass is 16.5. The Morgan fingerprint density at radius 2 is 2.25 bits per heavy atom. The van der Waals surface area contributed by atoms with Crippen LogP contribution in [-0.4, -0.2) is 50.4 Å². The van der Waals surface area contributed by atoms with Gasteiger partial charge < -0.3 is 14.8 Å². The number of fused-ring (bicyclic) bond motifs is 1. The second kappa shape index (κ2) is 6.02. The first-order valence-corrected chi connectivity index (χ1v) is 7.51. The van der Waals surface area contributed by atoms with Gasteiger partial charge in [0.05, 0.1) is 18.3 Å². The van der Waals surface area contributed by atoms with Crippen molar-refractivity contribution in [3.63, 3.8) is 0 Å². The Kier molecular flexibility index (Phi) is 4.13. The van der Waals surface area contributed by atoms with Gasteiger partial charge in [0, 0.05) is 20.2 Å². The smallest absolute Gasteiger partial charge is 0.142 e. The first kappa shape index (κ1) is 13.7. The van der Waals surface area contributed by atoms with E-state index in [1.165, 1.54) is 6.42 Å². The minimum atomic E-state index is 0.218. The highest BCUT2D eigenvalue weighted by Crippen LogP contribution is 2.29. The lowest BCUT2D eigenvalue weighted by molar-refractivity contribution is -0.0146. The molecule has 1 saturated heterocycles. The van der Waals surface area contributed by atoms with E-state index >= 15 is 0 Å². The maximum absolute atomic E-state index is 6.09. The van der Waals surface area contributed by atoms with Crippen molar-refractivity contribution >= 4 is 5.69 Å². The Hall–Kier alpha value is -1.26. The SMILES string of the molecule is COC1CN(CC2CNc3ccccc3O2)CCC1C. The molecule has 1 aromatic rings. The first-order chi connectivity index (χ1) is 9.76. The van der Waals surface area contributed by atoms with E-state index in [2.05, 4.69) is 23.2 Å². The molecule has 0 aromatic heterocycles. The molecule has 1 aromatic carbocycles. The molecule has 0 amide bonds. The number of hydrogen-bond acceptors (Lipinski definition) is 4. The van der Waals surface area contributed by atoms with Gasteiger partial charge in [-0.05, 0) is 31.0 Å². The zero-order valence-corrected chi connectivity index (χ0v) is 12.3. The molecule has 2 aliphatic rings. The molecule has 3 atom stereocenters. The zero-order valence-electron chi connectivity index (χ0n) is 12.3. The molecule has 110 valence electrons. The molecule has 3 unspecified atom stereocenters. The van der Waals surface area contributed by atoms with Crippen molar-refractivity contribution < 1.29 is 9.47 Å². The van der Waals surface area contributed by atoms with Crippen LogP contribution in [0.2, 0.25) is 0 Å². The lowest BCUT2D eigenvalue weighted by atomic mass is 9.95. The van der Waals surface area contributed by atoms with Crippen LogP contribution in [0.4, 0.5) is 5.69 Å². The van der Waals surface area contributed by atoms with Gasteiger partial charge in [0.1, 0.15) is 11.9 Å². The third-order valence-electron chi connectivity index (χ3n) is 4.44. The number of methoxy groups -OCH3 is 1. The molecule has 0 saturated carbocycles. The van der Waals surface area contributed by atoms with Crippen LogP contribution >= 0.6 is 0 Å². The van der Waals surface area contributed by atoms with E-state index in [0.717, 1.165) is 37.6 Å². The van der Waals surface area contributed by atoms with Crippen molar-refractivity contribution in [2.45, 2.75) is 25.6 Å². The van der Waals surface area contributed by atoms with Crippen molar-refractivity contribution in [3.05, 3.63) is 24.3 Å². The van der Waals surface area contributed by atoms with E-state index in [1.807, 2.05) is 25.3 Å². The molecule has 20 heavy (non-hydrogen) atoms. The topological polar surface area (TPSA) is 33.7 Å². The number of nitrogens with one attached hydrogen (secondary N) is 1. The van der Waals surface area contributed by atoms with Crippen molar-refractivity contribution in [2.75, 3.05) is 38.6 Å². The first-order valence-electron chi connectivity index (χ1n) is 7.51. The van der Waals surface area contributed by atoms with Crippen LogP contribution in [-0.2, 0) is 4.74 Å². The van der Waals surface area contributed by atoms with Crippen LogP contribution in [0.15, 0.2) is 24.3 Å². The fourth-order valence-electron chi connectivity index (χ4n) is 3.12. The average Bonchev–Trinajstić information content (AvgIpc) is 2.49. The number of nitrogens with zero attached hydrogens (tertiary/aromatic N) is 1. The molecule has 1 fully saturated rings. The van der Waals surface area contributed by atoms with Crippen LogP contribution in [0.1, 0.15) is 13.3 Å². The number of anilines is 1. The van der Waals surface area contributed by atoms with Gasteiger partial charge >= 0.3 is 0 Å². The van der Waals surface area contributed by atoms with Gasteiger partial charge in [-0.25, -0.2) is 0 Å². The van der Waals surface area contributed by atoms with E-state index in [9.17, 15) is 0 Å². The summed E-state index contributed by atoms with van der Waals surface area (Å²) in [5.41, 5.74) is 1.10. The Labute approximate surface area is 121 Å².